The molecule has 2 amide bonds. The molecule has 0 saturated heterocycles. The maximum Gasteiger partial charge on any atom is 0.254 e. The molecule has 1 aromatic rings. The molecule has 0 aliphatic carbocycles. The van der Waals surface area contributed by atoms with Gasteiger partial charge in [-0.05, 0) is 32.9 Å². The Morgan fingerprint density at radius 3 is 2.50 bits per heavy atom. The van der Waals surface area contributed by atoms with Gasteiger partial charge in [0.2, 0.25) is 5.91 Å². The van der Waals surface area contributed by atoms with Crippen molar-refractivity contribution in [3.63, 3.8) is 0 Å². The summed E-state index contributed by atoms with van der Waals surface area (Å²) in [4.78, 5) is 25.8. The maximum absolute atomic E-state index is 12.1. The number of carbonyl (C=O) groups is 2. The molecule has 1 rings (SSSR count). The number of nitrogens with one attached hydrogen (secondary N) is 1. The van der Waals surface area contributed by atoms with Crippen LogP contribution in [0.4, 0.5) is 5.69 Å². The summed E-state index contributed by atoms with van der Waals surface area (Å²) < 4.78 is 0. The fourth-order valence-corrected chi connectivity index (χ4v) is 2.05. The van der Waals surface area contributed by atoms with Crippen LogP contribution in [0.2, 0.25) is 5.02 Å². The molecule has 0 aliphatic rings. The number of anilines is 1. The van der Waals surface area contributed by atoms with Crippen molar-refractivity contribution in [1.29, 1.82) is 0 Å². The van der Waals surface area contributed by atoms with Gasteiger partial charge in [-0.25, -0.2) is 0 Å². The van der Waals surface area contributed by atoms with E-state index in [-0.39, 0.29) is 17.2 Å². The highest BCUT2D eigenvalue weighted by molar-refractivity contribution is 6.34. The third kappa shape index (κ3) is 3.63. The molecule has 5 nitrogen and oxygen atoms in total. The molecule has 1 aromatic carbocycles. The highest BCUT2D eigenvalue weighted by Crippen LogP contribution is 2.22. The predicted octanol–water partition coefficient (Wildman–Crippen LogP) is 1.91. The van der Waals surface area contributed by atoms with Gasteiger partial charge in [0.05, 0.1) is 16.3 Å². The number of para-hydroxylation sites is 1. The molecular formula is C14H20ClN3O2. The fourth-order valence-electron chi connectivity index (χ4n) is 1.88. The number of carbonyl (C=O) groups excluding carboxylic acids is 2. The van der Waals surface area contributed by atoms with Crippen molar-refractivity contribution in [2.45, 2.75) is 26.8 Å². The molecule has 0 radical (unpaired) electrons. The average molecular weight is 298 g/mol. The molecule has 3 N–H and O–H groups in total. The van der Waals surface area contributed by atoms with Gasteiger partial charge >= 0.3 is 0 Å². The zero-order chi connectivity index (χ0) is 15.3. The molecule has 110 valence electrons. The molecule has 1 atom stereocenters. The predicted molar refractivity (Wildman–Crippen MR) is 80.7 cm³/mol. The van der Waals surface area contributed by atoms with E-state index < -0.39 is 11.9 Å². The number of nitrogens with two attached hydrogens (primary N) is 1. The Kier molecular flexibility index (Phi) is 5.82. The van der Waals surface area contributed by atoms with Crippen LogP contribution in [-0.4, -0.2) is 35.8 Å². The van der Waals surface area contributed by atoms with Gasteiger partial charge < -0.3 is 16.0 Å². The normalized spacial score (nSPS) is 11.8. The highest BCUT2D eigenvalue weighted by atomic mass is 35.5. The minimum Gasteiger partial charge on any atom is -0.397 e. The molecule has 20 heavy (non-hydrogen) atoms. The van der Waals surface area contributed by atoms with Crippen LogP contribution in [0, 0.1) is 0 Å². The van der Waals surface area contributed by atoms with Crippen LogP contribution < -0.4 is 11.1 Å². The van der Waals surface area contributed by atoms with Crippen LogP contribution in [0.3, 0.4) is 0 Å². The highest BCUT2D eigenvalue weighted by Gasteiger charge is 2.21. The van der Waals surface area contributed by atoms with E-state index in [1.807, 2.05) is 13.8 Å². The number of benzene rings is 1. The van der Waals surface area contributed by atoms with Crippen molar-refractivity contribution in [3.8, 4) is 0 Å². The Labute approximate surface area is 124 Å². The number of nitrogens with zero attached hydrogens (tertiary/aromatic N) is 1. The Bertz CT molecular complexity index is 501. The van der Waals surface area contributed by atoms with Gasteiger partial charge in [0, 0.05) is 13.1 Å². The second-order valence-electron chi connectivity index (χ2n) is 4.41. The minimum atomic E-state index is -0.610. The second-order valence-corrected chi connectivity index (χ2v) is 4.81. The summed E-state index contributed by atoms with van der Waals surface area (Å²) in [6, 6.07) is 4.22. The number of nitrogen functional groups attached to an aromatic ring is 1. The van der Waals surface area contributed by atoms with Gasteiger partial charge in [0.15, 0.2) is 0 Å². The molecule has 0 fully saturated rings. The van der Waals surface area contributed by atoms with Crippen LogP contribution in [0.15, 0.2) is 18.2 Å². The largest absolute Gasteiger partial charge is 0.397 e. The topological polar surface area (TPSA) is 75.4 Å². The van der Waals surface area contributed by atoms with E-state index in [0.717, 1.165) is 0 Å². The lowest BCUT2D eigenvalue weighted by Gasteiger charge is -2.23. The first kappa shape index (κ1) is 16.3. The van der Waals surface area contributed by atoms with Crippen molar-refractivity contribution in [2.24, 2.45) is 0 Å². The number of rotatable bonds is 5. The van der Waals surface area contributed by atoms with Crippen molar-refractivity contribution >= 4 is 29.1 Å². The zero-order valence-corrected chi connectivity index (χ0v) is 12.7. The maximum atomic E-state index is 12.1. The minimum absolute atomic E-state index is 0.121. The average Bonchev–Trinajstić information content (AvgIpc) is 2.42. The summed E-state index contributed by atoms with van der Waals surface area (Å²) in [5.74, 6) is -0.526. The van der Waals surface area contributed by atoms with Gasteiger partial charge in [-0.15, -0.1) is 0 Å². The Morgan fingerprint density at radius 2 is 1.95 bits per heavy atom. The summed E-state index contributed by atoms with van der Waals surface area (Å²) in [7, 11) is 0. The van der Waals surface area contributed by atoms with Crippen LogP contribution in [0.1, 0.15) is 31.1 Å². The molecular weight excluding hydrogens is 278 g/mol. The van der Waals surface area contributed by atoms with Crippen LogP contribution in [0.25, 0.3) is 0 Å². The van der Waals surface area contributed by atoms with Gasteiger partial charge in [-0.2, -0.15) is 0 Å². The van der Waals surface area contributed by atoms with Gasteiger partial charge in [0.1, 0.15) is 6.04 Å². The lowest BCUT2D eigenvalue weighted by Crippen LogP contribution is -2.46. The molecule has 0 spiro atoms. The third-order valence-corrected chi connectivity index (χ3v) is 3.42. The van der Waals surface area contributed by atoms with Crippen molar-refractivity contribution < 1.29 is 9.59 Å². The third-order valence-electron chi connectivity index (χ3n) is 3.09. The zero-order valence-electron chi connectivity index (χ0n) is 11.9. The summed E-state index contributed by atoms with van der Waals surface area (Å²) >= 11 is 5.87. The summed E-state index contributed by atoms with van der Waals surface area (Å²) in [5, 5.41) is 2.96. The Balaban J connectivity index is 2.80. The van der Waals surface area contributed by atoms with Gasteiger partial charge in [-0.3, -0.25) is 9.59 Å². The molecule has 0 saturated carbocycles. The van der Waals surface area contributed by atoms with E-state index in [0.29, 0.717) is 18.1 Å². The molecule has 0 bridgehead atoms. The molecule has 0 heterocycles. The number of amides is 2. The SMILES string of the molecule is CCN(CC)C(=O)C(C)NC(=O)c1cccc(Cl)c1N. The summed E-state index contributed by atoms with van der Waals surface area (Å²) in [5.41, 5.74) is 6.25. The van der Waals surface area contributed by atoms with Crippen molar-refractivity contribution in [2.75, 3.05) is 18.8 Å². The molecule has 6 heteroatoms. The fraction of sp³-hybridized carbons (Fsp3) is 0.429. The standard InChI is InChI=1S/C14H20ClN3O2/c1-4-18(5-2)14(20)9(3)17-13(19)10-7-6-8-11(15)12(10)16/h6-9H,4-5,16H2,1-3H3,(H,17,19). The Morgan fingerprint density at radius 1 is 1.35 bits per heavy atom. The van der Waals surface area contributed by atoms with Crippen molar-refractivity contribution in [1.82, 2.24) is 10.2 Å². The monoisotopic (exact) mass is 297 g/mol. The quantitative estimate of drug-likeness (QED) is 0.815. The number of hydrogen-bond donors (Lipinski definition) is 2. The van der Waals surface area contributed by atoms with Crippen LogP contribution >= 0.6 is 11.6 Å². The van der Waals surface area contributed by atoms with E-state index >= 15 is 0 Å². The lowest BCUT2D eigenvalue weighted by atomic mass is 10.1. The first-order valence-electron chi connectivity index (χ1n) is 6.55. The van der Waals surface area contributed by atoms with E-state index in [4.69, 9.17) is 17.3 Å². The van der Waals surface area contributed by atoms with E-state index in [1.54, 1.807) is 30.0 Å². The van der Waals surface area contributed by atoms with Crippen molar-refractivity contribution in [3.05, 3.63) is 28.8 Å². The van der Waals surface area contributed by atoms with Crippen LogP contribution in [0.5, 0.6) is 0 Å². The first-order valence-corrected chi connectivity index (χ1v) is 6.93. The van der Waals surface area contributed by atoms with E-state index in [9.17, 15) is 9.59 Å². The number of likely N-dealkylation sites (N-methyl/N-ethyl adjacent to an activating group) is 1. The Hall–Kier alpha value is -1.75. The summed E-state index contributed by atoms with van der Waals surface area (Å²) in [6.07, 6.45) is 0. The first-order chi connectivity index (χ1) is 9.42. The second kappa shape index (κ2) is 7.14. The molecule has 0 aliphatic heterocycles. The van der Waals surface area contributed by atoms with E-state index in [2.05, 4.69) is 5.32 Å². The molecule has 0 aromatic heterocycles. The number of hydrogen-bond acceptors (Lipinski definition) is 3. The summed E-state index contributed by atoms with van der Waals surface area (Å²) in [6.45, 7) is 6.65. The molecule has 1 unspecified atom stereocenters. The van der Waals surface area contributed by atoms with Crippen LogP contribution in [-0.2, 0) is 4.79 Å². The van der Waals surface area contributed by atoms with E-state index in [1.165, 1.54) is 0 Å². The lowest BCUT2D eigenvalue weighted by molar-refractivity contribution is -0.132. The van der Waals surface area contributed by atoms with Gasteiger partial charge in [-0.1, -0.05) is 17.7 Å². The smallest absolute Gasteiger partial charge is 0.254 e. The number of halogens is 1. The van der Waals surface area contributed by atoms with Gasteiger partial charge in [0.25, 0.3) is 5.91 Å².